The van der Waals surface area contributed by atoms with E-state index in [9.17, 15) is 13.2 Å². The van der Waals surface area contributed by atoms with Crippen LogP contribution in [0.1, 0.15) is 54.1 Å². The molecule has 3 aromatic rings. The molecule has 2 aromatic carbocycles. The predicted molar refractivity (Wildman–Crippen MR) is 143 cm³/mol. The molecule has 7 nitrogen and oxygen atoms in total. The van der Waals surface area contributed by atoms with Crippen LogP contribution in [0.2, 0.25) is 0 Å². The van der Waals surface area contributed by atoms with E-state index in [1.165, 1.54) is 11.3 Å². The van der Waals surface area contributed by atoms with Crippen LogP contribution >= 0.6 is 11.3 Å². The van der Waals surface area contributed by atoms with Crippen LogP contribution in [0.4, 0.5) is 5.13 Å². The molecule has 0 aliphatic carbocycles. The van der Waals surface area contributed by atoms with Crippen LogP contribution < -0.4 is 4.90 Å². The lowest BCUT2D eigenvalue weighted by atomic mass is 10.0. The number of nitrogens with zero attached hydrogens (tertiary/aromatic N) is 3. The van der Waals surface area contributed by atoms with Gasteiger partial charge in [0.25, 0.3) is 5.91 Å². The standard InChI is InChI=1S/C27H33N3O4S2/c1-18-10-12-29(13-11-18)36(32,33)23-8-6-21(7-9-23)26(31)30(17-22-5-4-14-34-22)27-28-24-16-19(2)15-20(3)25(24)35-27/h6-9,15-16,18,22H,4-5,10-14,17H2,1-3H3. The van der Waals surface area contributed by atoms with Gasteiger partial charge in [0.2, 0.25) is 10.0 Å². The Hall–Kier alpha value is -2.33. The average Bonchev–Trinajstić information content (AvgIpc) is 3.52. The van der Waals surface area contributed by atoms with Gasteiger partial charge < -0.3 is 4.74 Å². The van der Waals surface area contributed by atoms with Crippen molar-refractivity contribution in [3.63, 3.8) is 0 Å². The van der Waals surface area contributed by atoms with Gasteiger partial charge in [-0.2, -0.15) is 4.31 Å². The summed E-state index contributed by atoms with van der Waals surface area (Å²) in [5, 5.41) is 0.637. The molecule has 0 bridgehead atoms. The summed E-state index contributed by atoms with van der Waals surface area (Å²) < 4.78 is 34.7. The van der Waals surface area contributed by atoms with E-state index < -0.39 is 10.0 Å². The number of aromatic nitrogens is 1. The van der Waals surface area contributed by atoms with Gasteiger partial charge in [-0.3, -0.25) is 9.69 Å². The summed E-state index contributed by atoms with van der Waals surface area (Å²) in [7, 11) is -3.57. The van der Waals surface area contributed by atoms with Gasteiger partial charge in [0.15, 0.2) is 5.13 Å². The molecule has 0 N–H and O–H groups in total. The Bertz CT molecular complexity index is 1350. The number of aryl methyl sites for hydroxylation is 2. The lowest BCUT2D eigenvalue weighted by molar-refractivity contribution is 0.0917. The fraction of sp³-hybridized carbons (Fsp3) is 0.481. The van der Waals surface area contributed by atoms with Crippen LogP contribution in [-0.2, 0) is 14.8 Å². The van der Waals surface area contributed by atoms with Crippen molar-refractivity contribution in [3.05, 3.63) is 53.1 Å². The van der Waals surface area contributed by atoms with Gasteiger partial charge in [-0.25, -0.2) is 13.4 Å². The zero-order chi connectivity index (χ0) is 25.4. The monoisotopic (exact) mass is 527 g/mol. The Morgan fingerprint density at radius 3 is 2.53 bits per heavy atom. The van der Waals surface area contributed by atoms with Crippen molar-refractivity contribution in [1.82, 2.24) is 9.29 Å². The minimum absolute atomic E-state index is 0.0371. The lowest BCUT2D eigenvalue weighted by Gasteiger charge is -2.29. The van der Waals surface area contributed by atoms with E-state index in [0.717, 1.165) is 47.0 Å². The van der Waals surface area contributed by atoms with E-state index in [0.29, 0.717) is 42.9 Å². The van der Waals surface area contributed by atoms with E-state index in [1.54, 1.807) is 33.5 Å². The summed E-state index contributed by atoms with van der Waals surface area (Å²) in [4.78, 5) is 20.5. The molecule has 2 saturated heterocycles. The molecule has 36 heavy (non-hydrogen) atoms. The van der Waals surface area contributed by atoms with Crippen LogP contribution in [0.15, 0.2) is 41.3 Å². The maximum Gasteiger partial charge on any atom is 0.260 e. The number of thiazole rings is 1. The van der Waals surface area contributed by atoms with E-state index in [2.05, 4.69) is 19.9 Å². The Kier molecular flexibility index (Phi) is 7.18. The summed E-state index contributed by atoms with van der Waals surface area (Å²) in [6.07, 6.45) is 3.58. The fourth-order valence-corrected chi connectivity index (χ4v) is 7.51. The quantitative estimate of drug-likeness (QED) is 0.442. The van der Waals surface area contributed by atoms with Crippen LogP contribution in [0.3, 0.4) is 0 Å². The number of rotatable bonds is 6. The molecule has 1 amide bonds. The van der Waals surface area contributed by atoms with Crippen molar-refractivity contribution >= 4 is 42.6 Å². The minimum Gasteiger partial charge on any atom is -0.376 e. The van der Waals surface area contributed by atoms with Gasteiger partial charge >= 0.3 is 0 Å². The van der Waals surface area contributed by atoms with Crippen molar-refractivity contribution in [1.29, 1.82) is 0 Å². The number of sulfonamides is 1. The third-order valence-corrected chi connectivity index (χ3v) is 10.3. The van der Waals surface area contributed by atoms with Gasteiger partial charge in [-0.1, -0.05) is 24.3 Å². The highest BCUT2D eigenvalue weighted by molar-refractivity contribution is 7.89. The number of amides is 1. The molecule has 0 radical (unpaired) electrons. The second kappa shape index (κ2) is 10.2. The second-order valence-corrected chi connectivity index (χ2v) is 13.0. The highest BCUT2D eigenvalue weighted by atomic mass is 32.2. The first-order valence-corrected chi connectivity index (χ1v) is 14.9. The fourth-order valence-electron chi connectivity index (χ4n) is 5.02. The van der Waals surface area contributed by atoms with E-state index in [1.807, 2.05) is 13.0 Å². The molecule has 2 aliphatic heterocycles. The molecule has 1 atom stereocenters. The molecule has 1 unspecified atom stereocenters. The molecule has 2 fully saturated rings. The van der Waals surface area contributed by atoms with Crippen molar-refractivity contribution in [2.24, 2.45) is 5.92 Å². The lowest BCUT2D eigenvalue weighted by Crippen LogP contribution is -2.38. The van der Waals surface area contributed by atoms with Crippen LogP contribution in [0.25, 0.3) is 10.2 Å². The van der Waals surface area contributed by atoms with Gasteiger partial charge in [0, 0.05) is 25.3 Å². The third-order valence-electron chi connectivity index (χ3n) is 7.18. The van der Waals surface area contributed by atoms with Crippen molar-refractivity contribution in [2.45, 2.75) is 57.5 Å². The molecule has 3 heterocycles. The third kappa shape index (κ3) is 5.07. The zero-order valence-corrected chi connectivity index (χ0v) is 22.7. The first-order valence-electron chi connectivity index (χ1n) is 12.6. The Morgan fingerprint density at radius 1 is 1.14 bits per heavy atom. The SMILES string of the molecule is Cc1cc(C)c2sc(N(CC3CCCO3)C(=O)c3ccc(S(=O)(=O)N4CCC(C)CC4)cc3)nc2c1. The Morgan fingerprint density at radius 2 is 1.86 bits per heavy atom. The largest absolute Gasteiger partial charge is 0.376 e. The highest BCUT2D eigenvalue weighted by Gasteiger charge is 2.30. The van der Waals surface area contributed by atoms with Crippen molar-refractivity contribution < 1.29 is 17.9 Å². The summed E-state index contributed by atoms with van der Waals surface area (Å²) in [6, 6.07) is 10.5. The minimum atomic E-state index is -3.57. The number of anilines is 1. The summed E-state index contributed by atoms with van der Waals surface area (Å²) >= 11 is 1.51. The van der Waals surface area contributed by atoms with E-state index in [-0.39, 0.29) is 16.9 Å². The second-order valence-electron chi connectivity index (χ2n) is 10.1. The summed E-state index contributed by atoms with van der Waals surface area (Å²) in [5.41, 5.74) is 3.59. The number of hydrogen-bond acceptors (Lipinski definition) is 6. The average molecular weight is 528 g/mol. The number of carbonyl (C=O) groups is 1. The van der Waals surface area contributed by atoms with Gasteiger partial charge in [-0.05, 0) is 86.9 Å². The maximum atomic E-state index is 13.7. The maximum absolute atomic E-state index is 13.7. The molecular weight excluding hydrogens is 494 g/mol. The topological polar surface area (TPSA) is 79.8 Å². The predicted octanol–water partition coefficient (Wildman–Crippen LogP) is 5.16. The number of carbonyl (C=O) groups excluding carboxylic acids is 1. The number of hydrogen-bond donors (Lipinski definition) is 0. The zero-order valence-electron chi connectivity index (χ0n) is 21.1. The summed E-state index contributed by atoms with van der Waals surface area (Å²) in [6.45, 7) is 8.45. The summed E-state index contributed by atoms with van der Waals surface area (Å²) in [5.74, 6) is 0.344. The first-order chi connectivity index (χ1) is 17.2. The Balaban J connectivity index is 1.43. The molecule has 9 heteroatoms. The molecule has 0 saturated carbocycles. The van der Waals surface area contributed by atoms with Crippen molar-refractivity contribution in [3.8, 4) is 0 Å². The first kappa shape index (κ1) is 25.3. The van der Waals surface area contributed by atoms with Crippen LogP contribution in [0, 0.1) is 19.8 Å². The van der Waals surface area contributed by atoms with E-state index in [4.69, 9.17) is 9.72 Å². The number of ether oxygens (including phenoxy) is 1. The highest BCUT2D eigenvalue weighted by Crippen LogP contribution is 2.34. The van der Waals surface area contributed by atoms with E-state index >= 15 is 0 Å². The van der Waals surface area contributed by atoms with Gasteiger partial charge in [-0.15, -0.1) is 0 Å². The molecule has 192 valence electrons. The normalized spacial score (nSPS) is 19.7. The van der Waals surface area contributed by atoms with Crippen LogP contribution in [0.5, 0.6) is 0 Å². The van der Waals surface area contributed by atoms with Crippen molar-refractivity contribution in [2.75, 3.05) is 31.1 Å². The Labute approximate surface area is 217 Å². The molecule has 1 aromatic heterocycles. The molecule has 5 rings (SSSR count). The number of fused-ring (bicyclic) bond motifs is 1. The molecule has 0 spiro atoms. The van der Waals surface area contributed by atoms with Gasteiger partial charge in [0.1, 0.15) is 0 Å². The molecular formula is C27H33N3O4S2. The number of benzene rings is 2. The van der Waals surface area contributed by atoms with Gasteiger partial charge in [0.05, 0.1) is 27.8 Å². The molecule has 2 aliphatic rings. The number of piperidine rings is 1. The smallest absolute Gasteiger partial charge is 0.260 e. The van der Waals surface area contributed by atoms with Crippen LogP contribution in [-0.4, -0.2) is 56.0 Å².